The van der Waals surface area contributed by atoms with Crippen LogP contribution < -0.4 is 5.32 Å². The van der Waals surface area contributed by atoms with Crippen molar-refractivity contribution in [2.24, 2.45) is 0 Å². The van der Waals surface area contributed by atoms with E-state index in [0.717, 1.165) is 24.1 Å². The molecular weight excluding hydrogens is 190 g/mol. The molecule has 3 N–H and O–H groups in total. The van der Waals surface area contributed by atoms with Gasteiger partial charge in [-0.05, 0) is 36.6 Å². The summed E-state index contributed by atoms with van der Waals surface area (Å²) in [5.41, 5.74) is 2.15. The minimum atomic E-state index is -0.0491. The van der Waals surface area contributed by atoms with Gasteiger partial charge in [0.1, 0.15) is 0 Å². The molecule has 2 rings (SSSR count). The van der Waals surface area contributed by atoms with Crippen LogP contribution >= 0.6 is 0 Å². The number of aromatic hydroxyl groups is 2. The van der Waals surface area contributed by atoms with Gasteiger partial charge >= 0.3 is 0 Å². The molecule has 1 aromatic carbocycles. The van der Waals surface area contributed by atoms with Crippen molar-refractivity contribution < 1.29 is 10.2 Å². The maximum absolute atomic E-state index is 9.46. The molecule has 0 unspecified atom stereocenters. The Morgan fingerprint density at radius 3 is 2.80 bits per heavy atom. The third kappa shape index (κ3) is 1.83. The lowest BCUT2D eigenvalue weighted by Gasteiger charge is -2.25. The van der Waals surface area contributed by atoms with Crippen LogP contribution in [0.5, 0.6) is 11.5 Å². The molecule has 1 aliphatic heterocycles. The van der Waals surface area contributed by atoms with Crippen LogP contribution in [0.3, 0.4) is 0 Å². The highest BCUT2D eigenvalue weighted by molar-refractivity contribution is 5.48. The van der Waals surface area contributed by atoms with E-state index in [2.05, 4.69) is 11.4 Å². The minimum absolute atomic E-state index is 0.0325. The fourth-order valence-corrected chi connectivity index (χ4v) is 1.98. The number of hydrogen-bond acceptors (Lipinski definition) is 3. The molecule has 0 radical (unpaired) electrons. The molecule has 0 spiro atoms. The van der Waals surface area contributed by atoms with Gasteiger partial charge in [-0.2, -0.15) is 0 Å². The number of benzene rings is 1. The summed E-state index contributed by atoms with van der Waals surface area (Å²) in [5.74, 6) is -0.0816. The van der Waals surface area contributed by atoms with E-state index in [9.17, 15) is 10.2 Å². The molecule has 80 valence electrons. The lowest BCUT2D eigenvalue weighted by Crippen LogP contribution is -2.28. The molecule has 1 aromatic rings. The van der Waals surface area contributed by atoms with Crippen LogP contribution in [0.1, 0.15) is 24.1 Å². The van der Waals surface area contributed by atoms with Crippen molar-refractivity contribution in [2.45, 2.75) is 19.4 Å². The Bertz CT molecular complexity index is 399. The smallest absolute Gasteiger partial charge is 0.157 e. The summed E-state index contributed by atoms with van der Waals surface area (Å²) in [4.78, 5) is 0. The molecule has 0 amide bonds. The summed E-state index contributed by atoms with van der Waals surface area (Å²) in [6.45, 7) is 2.86. The summed E-state index contributed by atoms with van der Waals surface area (Å²) in [7, 11) is 0. The van der Waals surface area contributed by atoms with E-state index in [1.165, 1.54) is 0 Å². The Morgan fingerprint density at radius 2 is 2.07 bits per heavy atom. The monoisotopic (exact) mass is 205 g/mol. The number of fused-ring (bicyclic) bond motifs is 1. The standard InChI is InChI=1S/C12H15NO2/c1-2-3-10-9-7-12(15)11(14)6-8(9)4-5-13-10/h2-3,6-7,10,13-15H,4-5H2,1H3/b3-2+/t10-/m1/s1. The molecule has 3 heteroatoms. The average molecular weight is 205 g/mol. The normalized spacial score (nSPS) is 20.5. The Balaban J connectivity index is 2.46. The molecule has 0 fully saturated rings. The summed E-state index contributed by atoms with van der Waals surface area (Å²) in [6.07, 6.45) is 4.92. The minimum Gasteiger partial charge on any atom is -0.504 e. The van der Waals surface area contributed by atoms with Crippen LogP contribution in [0.2, 0.25) is 0 Å². The maximum Gasteiger partial charge on any atom is 0.157 e. The summed E-state index contributed by atoms with van der Waals surface area (Å²) in [6, 6.07) is 3.44. The number of phenolic OH excluding ortho intramolecular Hbond substituents is 2. The highest BCUT2D eigenvalue weighted by atomic mass is 16.3. The molecule has 0 aromatic heterocycles. The first-order valence-corrected chi connectivity index (χ1v) is 5.13. The van der Waals surface area contributed by atoms with Crippen LogP contribution in [0.4, 0.5) is 0 Å². The van der Waals surface area contributed by atoms with E-state index in [-0.39, 0.29) is 17.5 Å². The van der Waals surface area contributed by atoms with E-state index in [0.29, 0.717) is 0 Å². The molecule has 0 aliphatic carbocycles. The second-order valence-electron chi connectivity index (χ2n) is 3.75. The van der Waals surface area contributed by atoms with Crippen LogP contribution in [0.15, 0.2) is 24.3 Å². The van der Waals surface area contributed by atoms with Crippen molar-refractivity contribution in [3.05, 3.63) is 35.4 Å². The number of hydrogen-bond donors (Lipinski definition) is 3. The molecule has 1 aliphatic rings. The molecule has 15 heavy (non-hydrogen) atoms. The fourth-order valence-electron chi connectivity index (χ4n) is 1.98. The lowest BCUT2D eigenvalue weighted by molar-refractivity contribution is 0.400. The number of phenols is 2. The second-order valence-corrected chi connectivity index (χ2v) is 3.75. The van der Waals surface area contributed by atoms with Gasteiger partial charge in [0.25, 0.3) is 0 Å². The second kappa shape index (κ2) is 3.95. The zero-order valence-corrected chi connectivity index (χ0v) is 8.70. The Kier molecular flexibility index (Phi) is 2.64. The van der Waals surface area contributed by atoms with E-state index in [1.54, 1.807) is 12.1 Å². The van der Waals surface area contributed by atoms with Crippen molar-refractivity contribution in [1.82, 2.24) is 5.32 Å². The number of nitrogens with one attached hydrogen (secondary N) is 1. The van der Waals surface area contributed by atoms with Gasteiger partial charge < -0.3 is 15.5 Å². The van der Waals surface area contributed by atoms with Gasteiger partial charge in [-0.1, -0.05) is 12.2 Å². The van der Waals surface area contributed by atoms with Gasteiger partial charge in [0.05, 0.1) is 6.04 Å². The van der Waals surface area contributed by atoms with Crippen molar-refractivity contribution >= 4 is 0 Å². The van der Waals surface area contributed by atoms with Crippen molar-refractivity contribution in [1.29, 1.82) is 0 Å². The maximum atomic E-state index is 9.46. The molecule has 1 heterocycles. The van der Waals surface area contributed by atoms with Crippen molar-refractivity contribution in [2.75, 3.05) is 6.54 Å². The number of allylic oxidation sites excluding steroid dienone is 1. The third-order valence-corrected chi connectivity index (χ3v) is 2.71. The lowest BCUT2D eigenvalue weighted by atomic mass is 9.93. The van der Waals surface area contributed by atoms with Crippen LogP contribution in [0.25, 0.3) is 0 Å². The van der Waals surface area contributed by atoms with Gasteiger partial charge in [0, 0.05) is 6.54 Å². The zero-order valence-electron chi connectivity index (χ0n) is 8.70. The Hall–Kier alpha value is -1.48. The third-order valence-electron chi connectivity index (χ3n) is 2.71. The average Bonchev–Trinajstić information content (AvgIpc) is 2.21. The molecule has 0 bridgehead atoms. The van der Waals surface area contributed by atoms with Gasteiger partial charge in [0.2, 0.25) is 0 Å². The van der Waals surface area contributed by atoms with Crippen LogP contribution in [-0.2, 0) is 6.42 Å². The molecule has 0 saturated carbocycles. The fraction of sp³-hybridized carbons (Fsp3) is 0.333. The quantitative estimate of drug-likeness (QED) is 0.484. The topological polar surface area (TPSA) is 52.5 Å². The summed E-state index contributed by atoms with van der Waals surface area (Å²) >= 11 is 0. The van der Waals surface area contributed by atoms with Gasteiger partial charge in [-0.3, -0.25) is 0 Å². The van der Waals surface area contributed by atoms with E-state index < -0.39 is 0 Å². The SMILES string of the molecule is C/C=C/[C@H]1NCCc2cc(O)c(O)cc21. The van der Waals surface area contributed by atoms with E-state index >= 15 is 0 Å². The molecular formula is C12H15NO2. The first-order chi connectivity index (χ1) is 7.22. The highest BCUT2D eigenvalue weighted by Crippen LogP contribution is 2.33. The predicted molar refractivity (Wildman–Crippen MR) is 59.0 cm³/mol. The van der Waals surface area contributed by atoms with Crippen molar-refractivity contribution in [3.63, 3.8) is 0 Å². The van der Waals surface area contributed by atoms with Gasteiger partial charge in [0.15, 0.2) is 11.5 Å². The van der Waals surface area contributed by atoms with E-state index in [1.807, 2.05) is 13.0 Å². The summed E-state index contributed by atoms with van der Waals surface area (Å²) in [5, 5.41) is 22.2. The first kappa shape index (κ1) is 10.1. The summed E-state index contributed by atoms with van der Waals surface area (Å²) < 4.78 is 0. The van der Waals surface area contributed by atoms with Crippen LogP contribution in [-0.4, -0.2) is 16.8 Å². The Morgan fingerprint density at radius 1 is 1.33 bits per heavy atom. The van der Waals surface area contributed by atoms with Gasteiger partial charge in [-0.25, -0.2) is 0 Å². The first-order valence-electron chi connectivity index (χ1n) is 5.13. The van der Waals surface area contributed by atoms with Crippen molar-refractivity contribution in [3.8, 4) is 11.5 Å². The molecule has 3 nitrogen and oxygen atoms in total. The molecule has 0 saturated heterocycles. The number of rotatable bonds is 1. The highest BCUT2D eigenvalue weighted by Gasteiger charge is 2.19. The zero-order chi connectivity index (χ0) is 10.8. The predicted octanol–water partition coefficient (Wildman–Crippen LogP) is 1.86. The molecule has 1 atom stereocenters. The van der Waals surface area contributed by atoms with E-state index in [4.69, 9.17) is 0 Å². The van der Waals surface area contributed by atoms with Gasteiger partial charge in [-0.15, -0.1) is 0 Å². The van der Waals surface area contributed by atoms with Crippen LogP contribution in [0, 0.1) is 0 Å². The Labute approximate surface area is 89.1 Å². The largest absolute Gasteiger partial charge is 0.504 e.